The maximum absolute atomic E-state index is 13.0. The van der Waals surface area contributed by atoms with Gasteiger partial charge in [-0.1, -0.05) is 6.07 Å². The smallest absolute Gasteiger partial charge is 0.394 e. The van der Waals surface area contributed by atoms with Crippen LogP contribution in [0.5, 0.6) is 0 Å². The van der Waals surface area contributed by atoms with E-state index < -0.39 is 23.5 Å². The Hall–Kier alpha value is -1.43. The fourth-order valence-electron chi connectivity index (χ4n) is 2.84. The van der Waals surface area contributed by atoms with Crippen molar-refractivity contribution in [3.8, 4) is 0 Å². The van der Waals surface area contributed by atoms with Gasteiger partial charge in [-0.15, -0.1) is 12.4 Å². The molecular formula is C14H18ClF3N2O. The van der Waals surface area contributed by atoms with Crippen molar-refractivity contribution >= 4 is 24.0 Å². The summed E-state index contributed by atoms with van der Waals surface area (Å²) < 4.78 is 39.0. The summed E-state index contributed by atoms with van der Waals surface area (Å²) >= 11 is 0. The van der Waals surface area contributed by atoms with Gasteiger partial charge in [-0.05, 0) is 38.5 Å². The highest BCUT2D eigenvalue weighted by atomic mass is 35.5. The van der Waals surface area contributed by atoms with Crippen LogP contribution in [-0.4, -0.2) is 29.1 Å². The number of halogens is 4. The zero-order chi connectivity index (χ0) is 15.1. The molecule has 0 bridgehead atoms. The first kappa shape index (κ1) is 17.6. The number of hydrogen-bond donors (Lipinski definition) is 1. The minimum Gasteiger partial charge on any atom is -0.399 e. The lowest BCUT2D eigenvalue weighted by molar-refractivity contribution is -0.189. The molecule has 2 N–H and O–H groups in total. The van der Waals surface area contributed by atoms with E-state index in [0.717, 1.165) is 0 Å². The molecule has 1 unspecified atom stereocenters. The predicted molar refractivity (Wildman–Crippen MR) is 77.4 cm³/mol. The van der Waals surface area contributed by atoms with Crippen LogP contribution in [0, 0.1) is 5.92 Å². The molecule has 1 aromatic rings. The summed E-state index contributed by atoms with van der Waals surface area (Å²) in [5.74, 6) is -1.91. The van der Waals surface area contributed by atoms with Gasteiger partial charge < -0.3 is 10.6 Å². The standard InChI is InChI=1S/C14H17F3N2O.ClH/c1-13(2)11(14(15,16)17)6-7-19(13)12(20)9-4-3-5-10(18)8-9;/h3-5,8,11H,6-7,18H2,1-2H3;1H. The van der Waals surface area contributed by atoms with Gasteiger partial charge in [0.2, 0.25) is 0 Å². The number of benzene rings is 1. The summed E-state index contributed by atoms with van der Waals surface area (Å²) in [5, 5.41) is 0. The van der Waals surface area contributed by atoms with Gasteiger partial charge in [-0.25, -0.2) is 0 Å². The molecule has 21 heavy (non-hydrogen) atoms. The van der Waals surface area contributed by atoms with Crippen LogP contribution in [0.1, 0.15) is 30.6 Å². The van der Waals surface area contributed by atoms with E-state index in [1.165, 1.54) is 24.8 Å². The van der Waals surface area contributed by atoms with Gasteiger partial charge in [0.05, 0.1) is 5.92 Å². The maximum Gasteiger partial charge on any atom is 0.394 e. The van der Waals surface area contributed by atoms with Crippen LogP contribution in [0.2, 0.25) is 0 Å². The van der Waals surface area contributed by atoms with Gasteiger partial charge in [-0.3, -0.25) is 4.79 Å². The van der Waals surface area contributed by atoms with Crippen LogP contribution < -0.4 is 5.73 Å². The molecule has 1 amide bonds. The van der Waals surface area contributed by atoms with Gasteiger partial charge in [-0.2, -0.15) is 13.2 Å². The quantitative estimate of drug-likeness (QED) is 0.804. The lowest BCUT2D eigenvalue weighted by atomic mass is 9.87. The molecule has 0 aromatic heterocycles. The Morgan fingerprint density at radius 3 is 2.48 bits per heavy atom. The molecule has 0 aliphatic carbocycles. The molecule has 0 spiro atoms. The largest absolute Gasteiger partial charge is 0.399 e. The Kier molecular flexibility index (Phi) is 4.83. The Morgan fingerprint density at radius 1 is 1.38 bits per heavy atom. The minimum atomic E-state index is -4.30. The van der Waals surface area contributed by atoms with E-state index >= 15 is 0 Å². The molecule has 0 saturated carbocycles. The highest BCUT2D eigenvalue weighted by molar-refractivity contribution is 5.95. The van der Waals surface area contributed by atoms with Crippen LogP contribution in [-0.2, 0) is 0 Å². The molecule has 1 aliphatic rings. The molecule has 1 heterocycles. The summed E-state index contributed by atoms with van der Waals surface area (Å²) in [7, 11) is 0. The van der Waals surface area contributed by atoms with Gasteiger partial charge in [0.1, 0.15) is 0 Å². The number of nitrogens with two attached hydrogens (primary N) is 1. The fourth-order valence-corrected chi connectivity index (χ4v) is 2.84. The van der Waals surface area contributed by atoms with Crippen molar-refractivity contribution in [3.63, 3.8) is 0 Å². The number of alkyl halides is 3. The number of nitrogen functional groups attached to an aromatic ring is 1. The third-order valence-corrected chi connectivity index (χ3v) is 3.96. The summed E-state index contributed by atoms with van der Waals surface area (Å²) in [6, 6.07) is 6.30. The SMILES string of the molecule is CC1(C)C(C(F)(F)F)CCN1C(=O)c1cccc(N)c1.Cl. The topological polar surface area (TPSA) is 46.3 Å². The molecule has 0 radical (unpaired) electrons. The van der Waals surface area contributed by atoms with Crippen molar-refractivity contribution in [2.75, 3.05) is 12.3 Å². The number of amides is 1. The monoisotopic (exact) mass is 322 g/mol. The molecule has 3 nitrogen and oxygen atoms in total. The maximum atomic E-state index is 13.0. The van der Waals surface area contributed by atoms with Crippen molar-refractivity contribution < 1.29 is 18.0 Å². The summed E-state index contributed by atoms with van der Waals surface area (Å²) in [4.78, 5) is 13.7. The normalized spacial score (nSPS) is 21.0. The third kappa shape index (κ3) is 3.26. The van der Waals surface area contributed by atoms with Crippen LogP contribution in [0.25, 0.3) is 0 Å². The molecular weight excluding hydrogens is 305 g/mol. The lowest BCUT2D eigenvalue weighted by Gasteiger charge is -2.36. The third-order valence-electron chi connectivity index (χ3n) is 3.96. The van der Waals surface area contributed by atoms with E-state index in [9.17, 15) is 18.0 Å². The summed E-state index contributed by atoms with van der Waals surface area (Å²) in [5.41, 5.74) is 5.10. The van der Waals surface area contributed by atoms with Gasteiger partial charge in [0.25, 0.3) is 5.91 Å². The zero-order valence-electron chi connectivity index (χ0n) is 11.8. The second-order valence-electron chi connectivity index (χ2n) is 5.62. The highest BCUT2D eigenvalue weighted by Gasteiger charge is 2.56. The van der Waals surface area contributed by atoms with Crippen molar-refractivity contribution in [2.45, 2.75) is 32.0 Å². The van der Waals surface area contributed by atoms with E-state index in [2.05, 4.69) is 0 Å². The second-order valence-corrected chi connectivity index (χ2v) is 5.62. The number of anilines is 1. The van der Waals surface area contributed by atoms with E-state index in [-0.39, 0.29) is 25.4 Å². The Morgan fingerprint density at radius 2 is 2.00 bits per heavy atom. The lowest BCUT2D eigenvalue weighted by Crippen LogP contribution is -2.49. The molecule has 1 aromatic carbocycles. The number of nitrogens with zero attached hydrogens (tertiary/aromatic N) is 1. The Bertz CT molecular complexity index is 531. The predicted octanol–water partition coefficient (Wildman–Crippen LogP) is 3.49. The summed E-state index contributed by atoms with van der Waals surface area (Å²) in [6.45, 7) is 3.02. The van der Waals surface area contributed by atoms with Gasteiger partial charge >= 0.3 is 6.18 Å². The molecule has 1 aliphatic heterocycles. The van der Waals surface area contributed by atoms with Crippen LogP contribution in [0.4, 0.5) is 18.9 Å². The van der Waals surface area contributed by atoms with Gasteiger partial charge in [0.15, 0.2) is 0 Å². The number of carbonyl (C=O) groups excluding carboxylic acids is 1. The number of hydrogen-bond acceptors (Lipinski definition) is 2. The summed E-state index contributed by atoms with van der Waals surface area (Å²) in [6.07, 6.45) is -4.36. The molecule has 1 fully saturated rings. The van der Waals surface area contributed by atoms with E-state index in [1.54, 1.807) is 18.2 Å². The zero-order valence-corrected chi connectivity index (χ0v) is 12.6. The first-order chi connectivity index (χ1) is 9.14. The van der Waals surface area contributed by atoms with Crippen LogP contribution in [0.3, 0.4) is 0 Å². The molecule has 7 heteroatoms. The second kappa shape index (κ2) is 5.75. The Labute approximate surface area is 127 Å². The van der Waals surface area contributed by atoms with Crippen LogP contribution >= 0.6 is 12.4 Å². The Balaban J connectivity index is 0.00000220. The first-order valence-electron chi connectivity index (χ1n) is 6.38. The molecule has 2 rings (SSSR count). The van der Waals surface area contributed by atoms with Crippen molar-refractivity contribution in [1.29, 1.82) is 0 Å². The van der Waals surface area contributed by atoms with Crippen molar-refractivity contribution in [3.05, 3.63) is 29.8 Å². The average Bonchev–Trinajstić information content (AvgIpc) is 2.63. The average molecular weight is 323 g/mol. The highest BCUT2D eigenvalue weighted by Crippen LogP contribution is 2.45. The van der Waals surface area contributed by atoms with Crippen molar-refractivity contribution in [2.24, 2.45) is 5.92 Å². The van der Waals surface area contributed by atoms with Crippen LogP contribution in [0.15, 0.2) is 24.3 Å². The van der Waals surface area contributed by atoms with E-state index in [4.69, 9.17) is 5.73 Å². The fraction of sp³-hybridized carbons (Fsp3) is 0.500. The number of likely N-dealkylation sites (tertiary alicyclic amines) is 1. The minimum absolute atomic E-state index is 0. The molecule has 1 saturated heterocycles. The first-order valence-corrected chi connectivity index (χ1v) is 6.38. The van der Waals surface area contributed by atoms with Gasteiger partial charge in [0, 0.05) is 23.3 Å². The molecule has 118 valence electrons. The van der Waals surface area contributed by atoms with E-state index in [1.807, 2.05) is 0 Å². The number of carbonyl (C=O) groups is 1. The van der Waals surface area contributed by atoms with E-state index in [0.29, 0.717) is 11.3 Å². The number of rotatable bonds is 1. The van der Waals surface area contributed by atoms with Crippen molar-refractivity contribution in [1.82, 2.24) is 4.90 Å². The molecule has 1 atom stereocenters.